The van der Waals surface area contributed by atoms with Crippen LogP contribution in [0.5, 0.6) is 0 Å². The molecule has 2 rings (SSSR count). The Morgan fingerprint density at radius 2 is 1.04 bits per heavy atom. The van der Waals surface area contributed by atoms with E-state index in [4.69, 9.17) is 0 Å². The van der Waals surface area contributed by atoms with Crippen molar-refractivity contribution >= 4 is 13.2 Å². The summed E-state index contributed by atoms with van der Waals surface area (Å²) in [6.45, 7) is 22.0. The van der Waals surface area contributed by atoms with E-state index in [9.17, 15) is 0 Å². The fourth-order valence-electron chi connectivity index (χ4n) is 9.06. The SMILES string of the molecule is CCCC[P](CCCC)[Hf]([CH3])([CH3])([CH3])([CH3])([CH3])([CH3])([CH3])[C]1=CC=CC1.C[CH2][Hf]([CH3])([CH3])([CH3])([CH3])([CH3])([CH2]P(C(C)(C)C)C(C)(C)C)[C]1=CC=CC1. The molecular weight excluding hydrogens is 911 g/mol. The van der Waals surface area contributed by atoms with Crippen LogP contribution in [0.25, 0.3) is 0 Å². The van der Waals surface area contributed by atoms with E-state index in [0.717, 1.165) is 12.8 Å². The Kier molecular flexibility index (Phi) is 8.04. The molecule has 0 spiro atoms. The average molecular weight is 1000 g/mol. The summed E-state index contributed by atoms with van der Waals surface area (Å²) in [6.07, 6.45) is 24.9. The van der Waals surface area contributed by atoms with E-state index in [1.165, 1.54) is 46.1 Å². The van der Waals surface area contributed by atoms with Gasteiger partial charge in [-0.15, -0.1) is 0 Å². The molecule has 271 valence electrons. The van der Waals surface area contributed by atoms with Gasteiger partial charge in [-0.25, -0.2) is 0 Å². The third-order valence-corrected chi connectivity index (χ3v) is 160. The van der Waals surface area contributed by atoms with Gasteiger partial charge >= 0.3 is 270 Å². The molecule has 2 aliphatic rings. The topological polar surface area (TPSA) is 0 Å². The van der Waals surface area contributed by atoms with E-state index in [2.05, 4.69) is 155 Å². The molecule has 45 heavy (non-hydrogen) atoms. The van der Waals surface area contributed by atoms with Gasteiger partial charge in [-0.2, -0.15) is 0 Å². The predicted molar refractivity (Wildman–Crippen MR) is 222 cm³/mol. The third-order valence-electron chi connectivity index (χ3n) is 14.9. The standard InChI is InChI=1S/C9H20P.C8H18P.2C5H5.C2H5.12CH3.2Hf/c1-8(2,3)10(7)9(4,5)6;1-3-5-7-9-8-6-4-2;2*1-2-4-5-3-1;1-2;;;;;;;;;;;;;;/h7H2,1-6H3;3-8H2,1-2H3;2*1-3H,4H2;1H2,2H3;12*1H3;;/q;-1;;;;;;;;;;;;;;;;;+1. The van der Waals surface area contributed by atoms with Gasteiger partial charge in [0.05, 0.1) is 0 Å². The van der Waals surface area contributed by atoms with Crippen molar-refractivity contribution in [1.29, 1.82) is 0 Å². The number of unbranched alkanes of at least 4 members (excludes halogenated alkanes) is 2. The molecule has 0 fully saturated rings. The normalized spacial score (nSPS) is 24.6. The van der Waals surface area contributed by atoms with Crippen LogP contribution in [-0.2, 0) is 26.1 Å². The van der Waals surface area contributed by atoms with Crippen molar-refractivity contribution in [2.75, 3.05) is 16.2 Å². The molecule has 0 aromatic heterocycles. The molecule has 0 bridgehead atoms. The second kappa shape index (κ2) is 8.12. The first-order valence-corrected chi connectivity index (χ1v) is 79.2. The van der Waals surface area contributed by atoms with Gasteiger partial charge in [0.2, 0.25) is 0 Å². The molecule has 0 N–H and O–H groups in total. The van der Waals surface area contributed by atoms with Gasteiger partial charge in [0.25, 0.3) is 0 Å². The molecule has 0 atom stereocenters. The fraction of sp³-hybridized carbons (Fsp3) is 0.805. The Morgan fingerprint density at radius 1 is 0.644 bits per heavy atom. The summed E-state index contributed by atoms with van der Waals surface area (Å²) in [5.74, 6) is 0. The summed E-state index contributed by atoms with van der Waals surface area (Å²) in [6, 6.07) is 0. The Morgan fingerprint density at radius 3 is 1.33 bits per heavy atom. The van der Waals surface area contributed by atoms with Crippen LogP contribution < -0.4 is 0 Å². The summed E-state index contributed by atoms with van der Waals surface area (Å²) >= 11 is -9.49. The summed E-state index contributed by atoms with van der Waals surface area (Å²) in [7, 11) is -0.134. The Hall–Kier alpha value is 1.56. The van der Waals surface area contributed by atoms with Gasteiger partial charge in [0.1, 0.15) is 0 Å². The van der Waals surface area contributed by atoms with Crippen LogP contribution in [0.1, 0.15) is 101 Å². The second-order valence-electron chi connectivity index (χ2n) is 34.9. The van der Waals surface area contributed by atoms with Gasteiger partial charge in [-0.1, -0.05) is 0 Å². The molecule has 0 saturated heterocycles. The first-order valence-electron chi connectivity index (χ1n) is 19.4. The molecule has 0 aliphatic heterocycles. The van der Waals surface area contributed by atoms with Gasteiger partial charge in [-0.05, 0) is 0 Å². The van der Waals surface area contributed by atoms with Crippen molar-refractivity contribution in [3.05, 3.63) is 43.1 Å². The third kappa shape index (κ3) is 9.08. The van der Waals surface area contributed by atoms with Crippen molar-refractivity contribution in [2.24, 2.45) is 0 Å². The monoisotopic (exact) mass is 1000 g/mol. The first kappa shape index (κ1) is 44.6. The summed E-state index contributed by atoms with van der Waals surface area (Å²) < 4.78 is 39.3. The molecular formula is C41H89Hf2P2. The van der Waals surface area contributed by atoms with Crippen molar-refractivity contribution in [1.82, 2.24) is 0 Å². The maximum atomic E-state index is 2.76. The minimum atomic E-state index is -4.92. The average Bonchev–Trinajstić information content (AvgIpc) is 3.51. The molecule has 4 heteroatoms. The predicted octanol–water partition coefficient (Wildman–Crippen LogP) is 17.8. The van der Waals surface area contributed by atoms with E-state index in [1.807, 2.05) is 0 Å². The summed E-state index contributed by atoms with van der Waals surface area (Å²) in [4.78, 5) is 0. The van der Waals surface area contributed by atoms with Crippen LogP contribution in [0.4, 0.5) is 0 Å². The zero-order chi connectivity index (χ0) is 36.3. The zero-order valence-corrected chi connectivity index (χ0v) is 44.4. The van der Waals surface area contributed by atoms with E-state index in [-0.39, 0.29) is 13.2 Å². The number of hydrogen-bond acceptors (Lipinski definition) is 0. The van der Waals surface area contributed by atoms with E-state index in [0.29, 0.717) is 10.3 Å². The quantitative estimate of drug-likeness (QED) is 0.135. The second-order valence-corrected chi connectivity index (χ2v) is 260. The molecule has 2 aliphatic carbocycles. The molecule has 0 aromatic carbocycles. The van der Waals surface area contributed by atoms with Crippen molar-refractivity contribution in [3.63, 3.8) is 0 Å². The van der Waals surface area contributed by atoms with Gasteiger partial charge in [0.15, 0.2) is 0 Å². The van der Waals surface area contributed by atoms with Crippen LogP contribution >= 0.6 is 13.2 Å². The Labute approximate surface area is 267 Å². The van der Waals surface area contributed by atoms with Crippen LogP contribution in [0.3, 0.4) is 0 Å². The molecule has 0 amide bonds. The van der Waals surface area contributed by atoms with Crippen molar-refractivity contribution < 1.29 is 26.1 Å². The first-order chi connectivity index (χ1) is 18.7. The van der Waals surface area contributed by atoms with Crippen LogP contribution in [0, 0.1) is 0 Å². The van der Waals surface area contributed by atoms with Crippen LogP contribution in [-0.4, -0.2) is 26.6 Å². The van der Waals surface area contributed by atoms with Crippen molar-refractivity contribution in [3.8, 4) is 0 Å². The molecule has 0 heterocycles. The van der Waals surface area contributed by atoms with Gasteiger partial charge in [0, 0.05) is 0 Å². The minimum absolute atomic E-state index is 0.0770. The molecule has 0 nitrogen and oxygen atoms in total. The van der Waals surface area contributed by atoms with Gasteiger partial charge in [-0.3, -0.25) is 0 Å². The van der Waals surface area contributed by atoms with E-state index >= 15 is 0 Å². The molecule has 0 saturated carbocycles. The number of allylic oxidation sites excluding steroid dienone is 8. The van der Waals surface area contributed by atoms with Gasteiger partial charge < -0.3 is 0 Å². The zero-order valence-electron chi connectivity index (χ0n) is 35.4. The number of hydrogen-bond donors (Lipinski definition) is 0. The van der Waals surface area contributed by atoms with E-state index in [1.54, 1.807) is 6.66 Å². The van der Waals surface area contributed by atoms with Crippen LogP contribution in [0.2, 0.25) is 60.3 Å². The molecule has 0 unspecified atom stereocenters. The van der Waals surface area contributed by atoms with E-state index < -0.39 is 26.1 Å². The van der Waals surface area contributed by atoms with Crippen molar-refractivity contribution in [2.45, 2.75) is 171 Å². The Bertz CT molecular complexity index is 1390. The fourth-order valence-corrected chi connectivity index (χ4v) is 123. The maximum absolute atomic E-state index is 4.92. The molecule has 0 aromatic rings. The summed E-state index contributed by atoms with van der Waals surface area (Å²) in [5, 5.41) is 0.671. The van der Waals surface area contributed by atoms with Crippen LogP contribution in [0.15, 0.2) is 43.1 Å². The molecule has 0 radical (unpaired) electrons. The Balaban J connectivity index is 0.000000450. The summed E-state index contributed by atoms with van der Waals surface area (Å²) in [5.41, 5.74) is 0. The number of rotatable bonds is 12.